The SMILES string of the molecule is CCN1CCc2ccc(NC(=O)c3ccc4c(=O)n(CCCOC)c(=S)[nH]c4c3)cc21. The summed E-state index contributed by atoms with van der Waals surface area (Å²) < 4.78 is 6.92. The summed E-state index contributed by atoms with van der Waals surface area (Å²) in [5.74, 6) is -0.230. The van der Waals surface area contributed by atoms with Crippen LogP contribution in [0.25, 0.3) is 10.9 Å². The van der Waals surface area contributed by atoms with Crippen LogP contribution in [0.1, 0.15) is 29.3 Å². The highest BCUT2D eigenvalue weighted by Crippen LogP contribution is 2.30. The van der Waals surface area contributed by atoms with Crippen molar-refractivity contribution >= 4 is 40.4 Å². The number of anilines is 2. The molecule has 2 N–H and O–H groups in total. The summed E-state index contributed by atoms with van der Waals surface area (Å²) in [6.07, 6.45) is 1.72. The molecule has 3 aromatic rings. The zero-order chi connectivity index (χ0) is 22.0. The van der Waals surface area contributed by atoms with Gasteiger partial charge in [0.2, 0.25) is 0 Å². The van der Waals surface area contributed by atoms with Gasteiger partial charge >= 0.3 is 0 Å². The van der Waals surface area contributed by atoms with Gasteiger partial charge in [0.25, 0.3) is 11.5 Å². The Bertz CT molecular complexity index is 1250. The molecular weight excluding hydrogens is 412 g/mol. The van der Waals surface area contributed by atoms with E-state index in [1.165, 1.54) is 15.8 Å². The summed E-state index contributed by atoms with van der Waals surface area (Å²) >= 11 is 5.36. The number of hydrogen-bond donors (Lipinski definition) is 2. The molecule has 1 aliphatic heterocycles. The highest BCUT2D eigenvalue weighted by Gasteiger charge is 2.18. The van der Waals surface area contributed by atoms with E-state index < -0.39 is 0 Å². The van der Waals surface area contributed by atoms with Gasteiger partial charge in [-0.05, 0) is 67.9 Å². The molecule has 0 atom stereocenters. The molecule has 8 heteroatoms. The second kappa shape index (κ2) is 9.03. The van der Waals surface area contributed by atoms with Crippen molar-refractivity contribution in [3.63, 3.8) is 0 Å². The van der Waals surface area contributed by atoms with E-state index in [9.17, 15) is 9.59 Å². The number of likely N-dealkylation sites (N-methyl/N-ethyl adjacent to an activating group) is 1. The van der Waals surface area contributed by atoms with Crippen LogP contribution in [0.15, 0.2) is 41.2 Å². The van der Waals surface area contributed by atoms with Crippen molar-refractivity contribution in [2.45, 2.75) is 26.3 Å². The Hall–Kier alpha value is -2.97. The molecule has 31 heavy (non-hydrogen) atoms. The monoisotopic (exact) mass is 438 g/mol. The molecule has 0 fully saturated rings. The number of carbonyl (C=O) groups is 1. The molecule has 0 saturated carbocycles. The first kappa shape index (κ1) is 21.3. The van der Waals surface area contributed by atoms with E-state index in [-0.39, 0.29) is 11.5 Å². The van der Waals surface area contributed by atoms with Crippen LogP contribution >= 0.6 is 12.2 Å². The maximum atomic E-state index is 12.9. The largest absolute Gasteiger partial charge is 0.385 e. The van der Waals surface area contributed by atoms with E-state index in [4.69, 9.17) is 17.0 Å². The van der Waals surface area contributed by atoms with Crippen LogP contribution in [-0.2, 0) is 17.7 Å². The van der Waals surface area contributed by atoms with E-state index in [0.717, 1.165) is 25.2 Å². The van der Waals surface area contributed by atoms with Crippen LogP contribution in [0.4, 0.5) is 11.4 Å². The van der Waals surface area contributed by atoms with Gasteiger partial charge < -0.3 is 19.9 Å². The Morgan fingerprint density at radius 2 is 2.10 bits per heavy atom. The third-order valence-electron chi connectivity index (χ3n) is 5.69. The minimum absolute atomic E-state index is 0.167. The van der Waals surface area contributed by atoms with Crippen molar-refractivity contribution < 1.29 is 9.53 Å². The lowest BCUT2D eigenvalue weighted by Gasteiger charge is -2.17. The summed E-state index contributed by atoms with van der Waals surface area (Å²) in [4.78, 5) is 31.1. The maximum absolute atomic E-state index is 12.9. The topological polar surface area (TPSA) is 79.4 Å². The highest BCUT2D eigenvalue weighted by atomic mass is 32.1. The first-order chi connectivity index (χ1) is 15.0. The Balaban J connectivity index is 1.59. The van der Waals surface area contributed by atoms with Crippen LogP contribution in [0.5, 0.6) is 0 Å². The molecule has 1 aliphatic rings. The first-order valence-corrected chi connectivity index (χ1v) is 10.9. The number of carbonyl (C=O) groups excluding carboxylic acids is 1. The van der Waals surface area contributed by atoms with Crippen LogP contribution in [0.3, 0.4) is 0 Å². The van der Waals surface area contributed by atoms with Gasteiger partial charge in [0.15, 0.2) is 4.77 Å². The van der Waals surface area contributed by atoms with E-state index >= 15 is 0 Å². The number of nitrogens with zero attached hydrogens (tertiary/aromatic N) is 2. The average molecular weight is 439 g/mol. The summed E-state index contributed by atoms with van der Waals surface area (Å²) in [6.45, 7) is 5.11. The Kier molecular flexibility index (Phi) is 6.20. The molecule has 0 radical (unpaired) electrons. The summed E-state index contributed by atoms with van der Waals surface area (Å²) in [5.41, 5.74) is 4.09. The zero-order valence-electron chi connectivity index (χ0n) is 17.7. The molecular formula is C23H26N4O3S. The first-order valence-electron chi connectivity index (χ1n) is 10.5. The second-order valence-corrected chi connectivity index (χ2v) is 8.01. The minimum Gasteiger partial charge on any atom is -0.385 e. The minimum atomic E-state index is -0.230. The van der Waals surface area contributed by atoms with Gasteiger partial charge in [0.05, 0.1) is 10.9 Å². The van der Waals surface area contributed by atoms with Crippen molar-refractivity contribution in [2.24, 2.45) is 0 Å². The number of methoxy groups -OCH3 is 1. The standard InChI is InChI=1S/C23H26N4O3S/c1-3-26-11-9-15-5-7-17(14-20(15)26)24-21(28)16-6-8-18-19(13-16)25-23(31)27(22(18)29)10-4-12-30-2/h5-8,13-14H,3-4,9-12H2,1-2H3,(H,24,28)(H,25,31). The zero-order valence-corrected chi connectivity index (χ0v) is 18.6. The van der Waals surface area contributed by atoms with Crippen molar-refractivity contribution in [1.29, 1.82) is 0 Å². The Morgan fingerprint density at radius 1 is 1.26 bits per heavy atom. The molecule has 4 rings (SSSR count). The fraction of sp³-hybridized carbons (Fsp3) is 0.348. The van der Waals surface area contributed by atoms with Crippen LogP contribution in [0.2, 0.25) is 0 Å². The molecule has 1 aromatic heterocycles. The lowest BCUT2D eigenvalue weighted by atomic mass is 10.1. The molecule has 0 bridgehead atoms. The van der Waals surface area contributed by atoms with Crippen molar-refractivity contribution in [2.75, 3.05) is 37.0 Å². The van der Waals surface area contributed by atoms with Gasteiger partial charge in [-0.25, -0.2) is 0 Å². The lowest BCUT2D eigenvalue weighted by molar-refractivity contribution is 0.102. The molecule has 1 amide bonds. The van der Waals surface area contributed by atoms with Gasteiger partial charge in [-0.1, -0.05) is 6.07 Å². The smallest absolute Gasteiger partial charge is 0.262 e. The lowest BCUT2D eigenvalue weighted by Crippen LogP contribution is -2.23. The van der Waals surface area contributed by atoms with E-state index in [2.05, 4.69) is 28.2 Å². The Morgan fingerprint density at radius 3 is 2.87 bits per heavy atom. The number of H-pyrrole nitrogens is 1. The Labute approximate surface area is 185 Å². The third kappa shape index (κ3) is 4.26. The second-order valence-electron chi connectivity index (χ2n) is 7.62. The quantitative estimate of drug-likeness (QED) is 0.434. The number of fused-ring (bicyclic) bond motifs is 2. The van der Waals surface area contributed by atoms with Gasteiger partial charge in [0.1, 0.15) is 0 Å². The number of hydrogen-bond acceptors (Lipinski definition) is 5. The highest BCUT2D eigenvalue weighted by molar-refractivity contribution is 7.71. The van der Waals surface area contributed by atoms with Crippen LogP contribution in [-0.4, -0.2) is 42.3 Å². The van der Waals surface area contributed by atoms with E-state index in [1.807, 2.05) is 12.1 Å². The number of rotatable bonds is 7. The summed E-state index contributed by atoms with van der Waals surface area (Å²) in [6, 6.07) is 11.0. The predicted molar refractivity (Wildman–Crippen MR) is 126 cm³/mol. The van der Waals surface area contributed by atoms with E-state index in [0.29, 0.717) is 40.8 Å². The van der Waals surface area contributed by atoms with Crippen LogP contribution in [0, 0.1) is 4.77 Å². The number of aromatic amines is 1. The molecule has 0 unspecified atom stereocenters. The fourth-order valence-electron chi connectivity index (χ4n) is 4.02. The molecule has 2 aromatic carbocycles. The van der Waals surface area contributed by atoms with Crippen molar-refractivity contribution in [3.05, 3.63) is 62.6 Å². The van der Waals surface area contributed by atoms with Gasteiger partial charge in [-0.2, -0.15) is 0 Å². The predicted octanol–water partition coefficient (Wildman–Crippen LogP) is 3.73. The number of ether oxygens (including phenoxy) is 1. The molecule has 162 valence electrons. The molecule has 0 saturated heterocycles. The van der Waals surface area contributed by atoms with Crippen molar-refractivity contribution in [3.8, 4) is 0 Å². The van der Waals surface area contributed by atoms with E-state index in [1.54, 1.807) is 25.3 Å². The third-order valence-corrected chi connectivity index (χ3v) is 6.01. The number of benzene rings is 2. The normalized spacial score (nSPS) is 12.9. The fourth-order valence-corrected chi connectivity index (χ4v) is 4.30. The molecule has 2 heterocycles. The molecule has 0 spiro atoms. The maximum Gasteiger partial charge on any atom is 0.262 e. The summed E-state index contributed by atoms with van der Waals surface area (Å²) in [7, 11) is 1.62. The molecule has 0 aliphatic carbocycles. The van der Waals surface area contributed by atoms with Gasteiger partial charge in [-0.15, -0.1) is 0 Å². The van der Waals surface area contributed by atoms with Crippen molar-refractivity contribution in [1.82, 2.24) is 9.55 Å². The number of amides is 1. The number of aromatic nitrogens is 2. The van der Waals surface area contributed by atoms with Crippen LogP contribution < -0.4 is 15.8 Å². The summed E-state index contributed by atoms with van der Waals surface area (Å²) in [5, 5.41) is 3.47. The van der Waals surface area contributed by atoms with Gasteiger partial charge in [-0.3, -0.25) is 14.2 Å². The number of nitrogens with one attached hydrogen (secondary N) is 2. The average Bonchev–Trinajstić information content (AvgIpc) is 3.18. The van der Waals surface area contributed by atoms with Gasteiger partial charge in [0, 0.05) is 50.3 Å². The molecule has 7 nitrogen and oxygen atoms in total.